The maximum Gasteiger partial charge on any atom is 0.143 e. The van der Waals surface area contributed by atoms with Crippen LogP contribution in [0, 0.1) is 13.8 Å². The summed E-state index contributed by atoms with van der Waals surface area (Å²) in [5.74, 6) is 0.677. The lowest BCUT2D eigenvalue weighted by Gasteiger charge is -2.10. The van der Waals surface area contributed by atoms with Gasteiger partial charge in [0.15, 0.2) is 0 Å². The van der Waals surface area contributed by atoms with Crippen molar-refractivity contribution in [3.63, 3.8) is 0 Å². The van der Waals surface area contributed by atoms with E-state index in [1.165, 1.54) is 11.1 Å². The summed E-state index contributed by atoms with van der Waals surface area (Å²) < 4.78 is 1.97. The highest BCUT2D eigenvalue weighted by molar-refractivity contribution is 5.78. The summed E-state index contributed by atoms with van der Waals surface area (Å²) in [7, 11) is 1.95. The molecule has 0 saturated carbocycles. The van der Waals surface area contributed by atoms with Crippen molar-refractivity contribution in [3.8, 4) is 0 Å². The number of aliphatic hydroxyl groups excluding tert-OH is 1. The fraction of sp³-hybridized carbons (Fsp3) is 0.235. The third kappa shape index (κ3) is 2.00. The molecule has 3 rings (SSSR count). The van der Waals surface area contributed by atoms with E-state index >= 15 is 0 Å². The molecular formula is C17H18N2O. The molecule has 0 aliphatic carbocycles. The van der Waals surface area contributed by atoms with Crippen LogP contribution in [0.25, 0.3) is 11.0 Å². The number of aryl methyl sites for hydroxylation is 3. The normalized spacial score (nSPS) is 12.8. The molecule has 0 fully saturated rings. The second-order valence-electron chi connectivity index (χ2n) is 5.27. The number of nitrogens with zero attached hydrogens (tertiary/aromatic N) is 2. The van der Waals surface area contributed by atoms with Crippen LogP contribution in [0.4, 0.5) is 0 Å². The van der Waals surface area contributed by atoms with Crippen LogP contribution >= 0.6 is 0 Å². The zero-order valence-electron chi connectivity index (χ0n) is 12.0. The first-order valence-electron chi connectivity index (χ1n) is 6.74. The minimum atomic E-state index is -0.700. The van der Waals surface area contributed by atoms with E-state index in [-0.39, 0.29) is 0 Å². The molecule has 0 spiro atoms. The number of benzene rings is 2. The van der Waals surface area contributed by atoms with Crippen molar-refractivity contribution in [2.75, 3.05) is 0 Å². The Bertz CT molecular complexity index is 760. The highest BCUT2D eigenvalue weighted by atomic mass is 16.3. The zero-order chi connectivity index (χ0) is 14.3. The van der Waals surface area contributed by atoms with Gasteiger partial charge in [0.2, 0.25) is 0 Å². The van der Waals surface area contributed by atoms with Crippen molar-refractivity contribution in [3.05, 3.63) is 65.0 Å². The molecule has 0 saturated heterocycles. The minimum Gasteiger partial charge on any atom is -0.380 e. The molecule has 1 heterocycles. The summed E-state index contributed by atoms with van der Waals surface area (Å²) in [6, 6.07) is 13.8. The Kier molecular flexibility index (Phi) is 3.07. The monoisotopic (exact) mass is 266 g/mol. The van der Waals surface area contributed by atoms with Gasteiger partial charge in [0.05, 0.1) is 11.0 Å². The summed E-state index contributed by atoms with van der Waals surface area (Å²) in [6.07, 6.45) is -0.700. The van der Waals surface area contributed by atoms with E-state index in [9.17, 15) is 5.11 Å². The van der Waals surface area contributed by atoms with Crippen molar-refractivity contribution >= 4 is 11.0 Å². The standard InChI is InChI=1S/C17H18N2O/c1-11-9-14-15(10-12(11)2)19(3)17(18-14)16(20)13-7-5-4-6-8-13/h4-10,16,20H,1-3H3. The SMILES string of the molecule is Cc1cc2nc(C(O)c3ccccc3)n(C)c2cc1C. The summed E-state index contributed by atoms with van der Waals surface area (Å²) in [5.41, 5.74) is 5.30. The molecule has 0 aliphatic heterocycles. The van der Waals surface area contributed by atoms with E-state index in [0.717, 1.165) is 16.6 Å². The lowest BCUT2D eigenvalue weighted by atomic mass is 10.1. The smallest absolute Gasteiger partial charge is 0.143 e. The van der Waals surface area contributed by atoms with Gasteiger partial charge >= 0.3 is 0 Å². The highest BCUT2D eigenvalue weighted by Gasteiger charge is 2.18. The van der Waals surface area contributed by atoms with Crippen molar-refractivity contribution in [1.29, 1.82) is 0 Å². The number of rotatable bonds is 2. The van der Waals surface area contributed by atoms with Crippen LogP contribution < -0.4 is 0 Å². The van der Waals surface area contributed by atoms with Gasteiger partial charge in [-0.1, -0.05) is 30.3 Å². The van der Waals surface area contributed by atoms with Crippen molar-refractivity contribution in [1.82, 2.24) is 9.55 Å². The van der Waals surface area contributed by atoms with E-state index in [0.29, 0.717) is 5.82 Å². The van der Waals surface area contributed by atoms with E-state index in [4.69, 9.17) is 0 Å². The summed E-state index contributed by atoms with van der Waals surface area (Å²) in [4.78, 5) is 4.60. The first kappa shape index (κ1) is 12.9. The molecule has 1 atom stereocenters. The third-order valence-electron chi connectivity index (χ3n) is 3.89. The second-order valence-corrected chi connectivity index (χ2v) is 5.27. The summed E-state index contributed by atoms with van der Waals surface area (Å²) in [5, 5.41) is 10.5. The second kappa shape index (κ2) is 4.76. The average Bonchev–Trinajstić information content (AvgIpc) is 2.77. The Balaban J connectivity index is 2.15. The minimum absolute atomic E-state index is 0.677. The number of aliphatic hydroxyl groups is 1. The molecule has 3 heteroatoms. The molecule has 0 aliphatic rings. The Morgan fingerprint density at radius 1 is 1.05 bits per heavy atom. The fourth-order valence-corrected chi connectivity index (χ4v) is 2.49. The number of imidazole rings is 1. The predicted octanol–water partition coefficient (Wildman–Crippen LogP) is 3.27. The molecule has 1 aromatic heterocycles. The van der Waals surface area contributed by atoms with Crippen molar-refractivity contribution in [2.45, 2.75) is 20.0 Å². The molecule has 3 nitrogen and oxygen atoms in total. The molecule has 3 aromatic rings. The van der Waals surface area contributed by atoms with E-state index in [2.05, 4.69) is 31.0 Å². The number of fused-ring (bicyclic) bond motifs is 1. The third-order valence-corrected chi connectivity index (χ3v) is 3.89. The van der Waals surface area contributed by atoms with Crippen LogP contribution in [-0.2, 0) is 7.05 Å². The van der Waals surface area contributed by atoms with E-state index in [1.54, 1.807) is 0 Å². The van der Waals surface area contributed by atoms with Gasteiger partial charge < -0.3 is 9.67 Å². The number of hydrogen-bond acceptors (Lipinski definition) is 2. The van der Waals surface area contributed by atoms with Gasteiger partial charge in [-0.2, -0.15) is 0 Å². The Morgan fingerprint density at radius 2 is 1.70 bits per heavy atom. The molecule has 0 bridgehead atoms. The van der Waals surface area contributed by atoms with Gasteiger partial charge in [-0.15, -0.1) is 0 Å². The molecule has 1 unspecified atom stereocenters. The van der Waals surface area contributed by atoms with Crippen LogP contribution in [0.3, 0.4) is 0 Å². The van der Waals surface area contributed by atoms with Crippen molar-refractivity contribution < 1.29 is 5.11 Å². The Morgan fingerprint density at radius 3 is 2.40 bits per heavy atom. The fourth-order valence-electron chi connectivity index (χ4n) is 2.49. The van der Waals surface area contributed by atoms with Gasteiger partial charge in [-0.3, -0.25) is 0 Å². The maximum absolute atomic E-state index is 10.5. The Hall–Kier alpha value is -2.13. The van der Waals surface area contributed by atoms with E-state index in [1.807, 2.05) is 41.9 Å². The van der Waals surface area contributed by atoms with Gasteiger partial charge in [0, 0.05) is 7.05 Å². The largest absolute Gasteiger partial charge is 0.380 e. The molecule has 1 N–H and O–H groups in total. The van der Waals surface area contributed by atoms with Gasteiger partial charge in [0.25, 0.3) is 0 Å². The Labute approximate surface area is 118 Å². The van der Waals surface area contributed by atoms with Crippen LogP contribution in [0.15, 0.2) is 42.5 Å². The molecule has 20 heavy (non-hydrogen) atoms. The van der Waals surface area contributed by atoms with Crippen LogP contribution in [-0.4, -0.2) is 14.7 Å². The molecule has 0 amide bonds. The van der Waals surface area contributed by atoms with Crippen LogP contribution in [0.5, 0.6) is 0 Å². The lowest BCUT2D eigenvalue weighted by Crippen LogP contribution is -2.06. The molecule has 2 aromatic carbocycles. The number of hydrogen-bond donors (Lipinski definition) is 1. The quantitative estimate of drug-likeness (QED) is 0.773. The maximum atomic E-state index is 10.5. The van der Waals surface area contributed by atoms with Gasteiger partial charge in [-0.25, -0.2) is 4.98 Å². The first-order chi connectivity index (χ1) is 9.58. The van der Waals surface area contributed by atoms with E-state index < -0.39 is 6.10 Å². The molecule has 102 valence electrons. The highest BCUT2D eigenvalue weighted by Crippen LogP contribution is 2.26. The topological polar surface area (TPSA) is 38.1 Å². The molecule has 0 radical (unpaired) electrons. The first-order valence-corrected chi connectivity index (χ1v) is 6.74. The summed E-state index contributed by atoms with van der Waals surface area (Å²) in [6.45, 7) is 4.17. The lowest BCUT2D eigenvalue weighted by molar-refractivity contribution is 0.207. The van der Waals surface area contributed by atoms with Crippen molar-refractivity contribution in [2.24, 2.45) is 7.05 Å². The number of aromatic nitrogens is 2. The molecular weight excluding hydrogens is 248 g/mol. The van der Waals surface area contributed by atoms with Gasteiger partial charge in [0.1, 0.15) is 11.9 Å². The van der Waals surface area contributed by atoms with Gasteiger partial charge in [-0.05, 0) is 42.7 Å². The van der Waals surface area contributed by atoms with Crippen LogP contribution in [0.1, 0.15) is 28.6 Å². The summed E-state index contributed by atoms with van der Waals surface area (Å²) >= 11 is 0. The predicted molar refractivity (Wildman–Crippen MR) is 80.7 cm³/mol. The zero-order valence-corrected chi connectivity index (χ0v) is 12.0. The average molecular weight is 266 g/mol. The van der Waals surface area contributed by atoms with Crippen LogP contribution in [0.2, 0.25) is 0 Å².